The molecule has 1 fully saturated rings. The van der Waals surface area contributed by atoms with Crippen LogP contribution in [0.25, 0.3) is 0 Å². The van der Waals surface area contributed by atoms with Gasteiger partial charge in [0.25, 0.3) is 0 Å². The SMILES string of the molecule is COc1ccc(C)cc1NC(=O)C1CC1C(=O)Nc1cccc(NC(C)=O)c1. The molecule has 146 valence electrons. The molecule has 3 rings (SSSR count). The van der Waals surface area contributed by atoms with Crippen molar-refractivity contribution in [3.8, 4) is 5.75 Å². The Bertz CT molecular complexity index is 926. The summed E-state index contributed by atoms with van der Waals surface area (Å²) in [5.41, 5.74) is 2.77. The lowest BCUT2D eigenvalue weighted by molar-refractivity contribution is -0.122. The number of carbonyl (C=O) groups excluding carboxylic acids is 3. The molecule has 1 aliphatic rings. The summed E-state index contributed by atoms with van der Waals surface area (Å²) in [4.78, 5) is 36.1. The predicted molar refractivity (Wildman–Crippen MR) is 107 cm³/mol. The van der Waals surface area contributed by atoms with E-state index in [4.69, 9.17) is 4.74 Å². The van der Waals surface area contributed by atoms with E-state index in [-0.39, 0.29) is 29.6 Å². The molecule has 0 aliphatic heterocycles. The summed E-state index contributed by atoms with van der Waals surface area (Å²) in [5.74, 6) is -0.763. The molecule has 0 saturated heterocycles. The first-order chi connectivity index (χ1) is 13.4. The first-order valence-corrected chi connectivity index (χ1v) is 9.01. The highest BCUT2D eigenvalue weighted by atomic mass is 16.5. The second-order valence-electron chi connectivity index (χ2n) is 6.89. The van der Waals surface area contributed by atoms with E-state index in [2.05, 4.69) is 16.0 Å². The minimum atomic E-state index is -0.375. The van der Waals surface area contributed by atoms with Crippen LogP contribution in [0.5, 0.6) is 5.75 Å². The number of nitrogens with one attached hydrogen (secondary N) is 3. The van der Waals surface area contributed by atoms with Crippen LogP contribution in [0, 0.1) is 18.8 Å². The summed E-state index contributed by atoms with van der Waals surface area (Å²) in [6.07, 6.45) is 0.497. The van der Waals surface area contributed by atoms with Gasteiger partial charge >= 0.3 is 0 Å². The number of benzene rings is 2. The van der Waals surface area contributed by atoms with Crippen LogP contribution in [0.2, 0.25) is 0 Å². The van der Waals surface area contributed by atoms with Crippen molar-refractivity contribution in [3.05, 3.63) is 48.0 Å². The van der Waals surface area contributed by atoms with Crippen molar-refractivity contribution in [2.24, 2.45) is 11.8 Å². The van der Waals surface area contributed by atoms with Gasteiger partial charge in [0.15, 0.2) is 0 Å². The fraction of sp³-hybridized carbons (Fsp3) is 0.286. The summed E-state index contributed by atoms with van der Waals surface area (Å²) in [6.45, 7) is 3.35. The zero-order chi connectivity index (χ0) is 20.3. The molecule has 0 heterocycles. The van der Waals surface area contributed by atoms with Gasteiger partial charge < -0.3 is 20.7 Å². The third kappa shape index (κ3) is 4.68. The van der Waals surface area contributed by atoms with E-state index in [1.807, 2.05) is 19.1 Å². The quantitative estimate of drug-likeness (QED) is 0.716. The maximum Gasteiger partial charge on any atom is 0.228 e. The second-order valence-corrected chi connectivity index (χ2v) is 6.89. The summed E-state index contributed by atoms with van der Waals surface area (Å²) in [6, 6.07) is 12.4. The van der Waals surface area contributed by atoms with Gasteiger partial charge in [-0.3, -0.25) is 14.4 Å². The highest BCUT2D eigenvalue weighted by Gasteiger charge is 2.48. The van der Waals surface area contributed by atoms with Crippen molar-refractivity contribution in [1.82, 2.24) is 0 Å². The molecule has 2 aromatic carbocycles. The first-order valence-electron chi connectivity index (χ1n) is 9.01. The second kappa shape index (κ2) is 8.12. The monoisotopic (exact) mass is 381 g/mol. The molecule has 3 amide bonds. The number of rotatable bonds is 6. The van der Waals surface area contributed by atoms with Gasteiger partial charge in [-0.15, -0.1) is 0 Å². The number of hydrogen-bond donors (Lipinski definition) is 3. The number of anilines is 3. The van der Waals surface area contributed by atoms with Crippen LogP contribution in [0.15, 0.2) is 42.5 Å². The maximum atomic E-state index is 12.5. The Hall–Kier alpha value is -3.35. The topological polar surface area (TPSA) is 96.5 Å². The molecule has 2 atom stereocenters. The summed E-state index contributed by atoms with van der Waals surface area (Å²) in [7, 11) is 1.54. The zero-order valence-electron chi connectivity index (χ0n) is 16.0. The van der Waals surface area contributed by atoms with Crippen LogP contribution in [0.1, 0.15) is 18.9 Å². The van der Waals surface area contributed by atoms with E-state index in [0.29, 0.717) is 29.2 Å². The van der Waals surface area contributed by atoms with Crippen LogP contribution in [0.3, 0.4) is 0 Å². The van der Waals surface area contributed by atoms with E-state index < -0.39 is 0 Å². The minimum Gasteiger partial charge on any atom is -0.495 e. The Morgan fingerprint density at radius 1 is 0.929 bits per heavy atom. The Morgan fingerprint density at radius 2 is 1.57 bits per heavy atom. The molecule has 1 aliphatic carbocycles. The van der Waals surface area contributed by atoms with Gasteiger partial charge in [-0.1, -0.05) is 12.1 Å². The molecule has 2 unspecified atom stereocenters. The number of amides is 3. The van der Waals surface area contributed by atoms with Gasteiger partial charge in [0, 0.05) is 18.3 Å². The van der Waals surface area contributed by atoms with E-state index in [0.717, 1.165) is 5.56 Å². The lowest BCUT2D eigenvalue weighted by atomic mass is 10.2. The van der Waals surface area contributed by atoms with E-state index in [1.54, 1.807) is 37.4 Å². The van der Waals surface area contributed by atoms with Crippen molar-refractivity contribution in [2.45, 2.75) is 20.3 Å². The fourth-order valence-corrected chi connectivity index (χ4v) is 3.03. The molecule has 0 radical (unpaired) electrons. The van der Waals surface area contributed by atoms with Crippen molar-refractivity contribution < 1.29 is 19.1 Å². The Kier molecular flexibility index (Phi) is 5.63. The lowest BCUT2D eigenvalue weighted by Crippen LogP contribution is -2.21. The van der Waals surface area contributed by atoms with Crippen LogP contribution in [-0.2, 0) is 14.4 Å². The average molecular weight is 381 g/mol. The lowest BCUT2D eigenvalue weighted by Gasteiger charge is -2.11. The molecule has 0 bridgehead atoms. The Balaban J connectivity index is 1.59. The molecule has 1 saturated carbocycles. The fourth-order valence-electron chi connectivity index (χ4n) is 3.03. The average Bonchev–Trinajstić information content (AvgIpc) is 3.43. The largest absolute Gasteiger partial charge is 0.495 e. The van der Waals surface area contributed by atoms with Gasteiger partial charge in [-0.05, 0) is 49.2 Å². The minimum absolute atomic E-state index is 0.186. The molecule has 7 nitrogen and oxygen atoms in total. The predicted octanol–water partition coefficient (Wildman–Crippen LogP) is 3.18. The number of methoxy groups -OCH3 is 1. The molecule has 0 aromatic heterocycles. The van der Waals surface area contributed by atoms with Crippen LogP contribution < -0.4 is 20.7 Å². The number of aryl methyl sites for hydroxylation is 1. The zero-order valence-corrected chi connectivity index (χ0v) is 16.0. The van der Waals surface area contributed by atoms with E-state index >= 15 is 0 Å². The highest BCUT2D eigenvalue weighted by molar-refractivity contribution is 6.04. The van der Waals surface area contributed by atoms with Gasteiger partial charge in [-0.25, -0.2) is 0 Å². The summed E-state index contributed by atoms with van der Waals surface area (Å²) >= 11 is 0. The molecular formula is C21H23N3O4. The Morgan fingerprint density at radius 3 is 2.21 bits per heavy atom. The molecule has 0 spiro atoms. The van der Waals surface area contributed by atoms with Crippen LogP contribution in [-0.4, -0.2) is 24.8 Å². The van der Waals surface area contributed by atoms with Gasteiger partial charge in [0.2, 0.25) is 17.7 Å². The van der Waals surface area contributed by atoms with Gasteiger partial charge in [0.05, 0.1) is 24.6 Å². The summed E-state index contributed by atoms with van der Waals surface area (Å²) in [5, 5.41) is 8.32. The summed E-state index contributed by atoms with van der Waals surface area (Å²) < 4.78 is 5.27. The van der Waals surface area contributed by atoms with Crippen LogP contribution in [0.4, 0.5) is 17.1 Å². The molecule has 7 heteroatoms. The maximum absolute atomic E-state index is 12.5. The van der Waals surface area contributed by atoms with Crippen LogP contribution >= 0.6 is 0 Å². The standard InChI is InChI=1S/C21H23N3O4/c1-12-7-8-19(28-3)18(9-12)24-21(27)17-11-16(17)20(26)23-15-6-4-5-14(10-15)22-13(2)25/h4-10,16-17H,11H2,1-3H3,(H,22,25)(H,23,26)(H,24,27). The van der Waals surface area contributed by atoms with Crippen molar-refractivity contribution in [3.63, 3.8) is 0 Å². The molecule has 3 N–H and O–H groups in total. The number of hydrogen-bond acceptors (Lipinski definition) is 4. The third-order valence-electron chi connectivity index (χ3n) is 4.53. The molecular weight excluding hydrogens is 358 g/mol. The molecule has 2 aromatic rings. The van der Waals surface area contributed by atoms with E-state index in [9.17, 15) is 14.4 Å². The van der Waals surface area contributed by atoms with Gasteiger partial charge in [0.1, 0.15) is 5.75 Å². The number of ether oxygens (including phenoxy) is 1. The highest BCUT2D eigenvalue weighted by Crippen LogP contribution is 2.41. The van der Waals surface area contributed by atoms with Crippen molar-refractivity contribution in [2.75, 3.05) is 23.1 Å². The molecule has 28 heavy (non-hydrogen) atoms. The van der Waals surface area contributed by atoms with Gasteiger partial charge in [-0.2, -0.15) is 0 Å². The Labute approximate surface area is 163 Å². The van der Waals surface area contributed by atoms with Crippen molar-refractivity contribution in [1.29, 1.82) is 0 Å². The number of carbonyl (C=O) groups is 3. The first kappa shape index (κ1) is 19.4. The normalized spacial score (nSPS) is 17.4. The van der Waals surface area contributed by atoms with Crippen molar-refractivity contribution >= 4 is 34.8 Å². The smallest absolute Gasteiger partial charge is 0.228 e. The van der Waals surface area contributed by atoms with E-state index in [1.165, 1.54) is 6.92 Å². The third-order valence-corrected chi connectivity index (χ3v) is 4.53.